The van der Waals surface area contributed by atoms with Crippen molar-refractivity contribution in [3.05, 3.63) is 59.9 Å². The number of para-hydroxylation sites is 1. The number of carboxylic acids is 1. The Morgan fingerprint density at radius 3 is 2.95 bits per heavy atom. The average molecular weight is 272 g/mol. The van der Waals surface area contributed by atoms with Crippen molar-refractivity contribution in [2.75, 3.05) is 0 Å². The number of benzene rings is 1. The Morgan fingerprint density at radius 1 is 1.50 bits per heavy atom. The normalized spacial score (nSPS) is 10.2. The van der Waals surface area contributed by atoms with Crippen LogP contribution in [0.4, 0.5) is 0 Å². The van der Waals surface area contributed by atoms with Gasteiger partial charge in [0.2, 0.25) is 0 Å². The minimum Gasteiger partial charge on any atom is -0.487 e. The summed E-state index contributed by atoms with van der Waals surface area (Å²) in [5.74, 6) is -0.277. The average Bonchev–Trinajstić information content (AvgIpc) is 2.79. The van der Waals surface area contributed by atoms with Crippen molar-refractivity contribution >= 4 is 5.97 Å². The molecule has 0 bridgehead atoms. The summed E-state index contributed by atoms with van der Waals surface area (Å²) >= 11 is 0. The lowest BCUT2D eigenvalue weighted by molar-refractivity contribution is 0.0693. The highest BCUT2D eigenvalue weighted by atomic mass is 16.5. The summed E-state index contributed by atoms with van der Waals surface area (Å²) in [4.78, 5) is 11.1. The number of hydrogen-bond donors (Lipinski definition) is 1. The lowest BCUT2D eigenvalue weighted by Gasteiger charge is -2.11. The molecule has 0 radical (unpaired) electrons. The highest BCUT2D eigenvalue weighted by Crippen LogP contribution is 2.20. The van der Waals surface area contributed by atoms with Crippen molar-refractivity contribution in [1.29, 1.82) is 0 Å². The van der Waals surface area contributed by atoms with Gasteiger partial charge in [-0.3, -0.25) is 4.68 Å². The molecular weight excluding hydrogens is 256 g/mol. The fraction of sp³-hybridized carbons (Fsp3) is 0.200. The van der Waals surface area contributed by atoms with Gasteiger partial charge in [0.1, 0.15) is 17.9 Å². The smallest absolute Gasteiger partial charge is 0.339 e. The Morgan fingerprint density at radius 2 is 2.25 bits per heavy atom. The number of hydrogen-bond acceptors (Lipinski definition) is 3. The SMILES string of the molecule is C=CCc1ccccc1OCc1c(C(=O)O)cnn1C. The highest BCUT2D eigenvalue weighted by molar-refractivity contribution is 5.88. The van der Waals surface area contributed by atoms with E-state index in [1.165, 1.54) is 10.9 Å². The molecule has 1 N–H and O–H groups in total. The molecule has 20 heavy (non-hydrogen) atoms. The third-order valence-electron chi connectivity index (χ3n) is 2.99. The van der Waals surface area contributed by atoms with Gasteiger partial charge in [-0.25, -0.2) is 4.79 Å². The standard InChI is InChI=1S/C15H16N2O3/c1-3-6-11-7-4-5-8-14(11)20-10-13-12(15(18)19)9-16-17(13)2/h3-5,7-9H,1,6,10H2,2H3,(H,18,19). The van der Waals surface area contributed by atoms with E-state index in [4.69, 9.17) is 9.84 Å². The molecule has 0 spiro atoms. The maximum atomic E-state index is 11.1. The minimum atomic E-state index is -1.00. The Bertz CT molecular complexity index is 632. The van der Waals surface area contributed by atoms with Gasteiger partial charge in [0, 0.05) is 7.05 Å². The van der Waals surface area contributed by atoms with Gasteiger partial charge in [-0.1, -0.05) is 24.3 Å². The fourth-order valence-corrected chi connectivity index (χ4v) is 1.93. The molecule has 1 heterocycles. The third kappa shape index (κ3) is 2.88. The number of aromatic nitrogens is 2. The van der Waals surface area contributed by atoms with Crippen LogP contribution in [0.3, 0.4) is 0 Å². The van der Waals surface area contributed by atoms with E-state index >= 15 is 0 Å². The first kappa shape index (κ1) is 13.9. The van der Waals surface area contributed by atoms with Crippen molar-refractivity contribution in [1.82, 2.24) is 9.78 Å². The Hall–Kier alpha value is -2.56. The number of ether oxygens (including phenoxy) is 1. The number of rotatable bonds is 6. The van der Waals surface area contributed by atoms with E-state index in [2.05, 4.69) is 11.7 Å². The lowest BCUT2D eigenvalue weighted by Crippen LogP contribution is -2.09. The van der Waals surface area contributed by atoms with E-state index in [-0.39, 0.29) is 12.2 Å². The molecule has 5 nitrogen and oxygen atoms in total. The number of aryl methyl sites for hydroxylation is 1. The van der Waals surface area contributed by atoms with Gasteiger partial charge >= 0.3 is 5.97 Å². The van der Waals surface area contributed by atoms with Gasteiger partial charge in [0.15, 0.2) is 0 Å². The molecule has 0 unspecified atom stereocenters. The first-order chi connectivity index (χ1) is 9.63. The van der Waals surface area contributed by atoms with Crippen molar-refractivity contribution in [2.45, 2.75) is 13.0 Å². The molecule has 104 valence electrons. The van der Waals surface area contributed by atoms with E-state index in [1.54, 1.807) is 13.1 Å². The zero-order valence-electron chi connectivity index (χ0n) is 11.2. The van der Waals surface area contributed by atoms with Gasteiger partial charge in [-0.15, -0.1) is 6.58 Å². The molecule has 0 saturated heterocycles. The second-order valence-corrected chi connectivity index (χ2v) is 4.32. The summed E-state index contributed by atoms with van der Waals surface area (Å²) in [7, 11) is 1.70. The van der Waals surface area contributed by atoms with E-state index in [0.717, 1.165) is 11.3 Å². The number of carbonyl (C=O) groups is 1. The maximum Gasteiger partial charge on any atom is 0.339 e. The van der Waals surface area contributed by atoms with Crippen molar-refractivity contribution in [2.24, 2.45) is 7.05 Å². The predicted octanol–water partition coefficient (Wildman–Crippen LogP) is 2.43. The zero-order valence-corrected chi connectivity index (χ0v) is 11.2. The second kappa shape index (κ2) is 6.06. The van der Waals surface area contributed by atoms with Crippen molar-refractivity contribution in [3.8, 4) is 5.75 Å². The van der Waals surface area contributed by atoms with Crippen LogP contribution in [-0.2, 0) is 20.1 Å². The first-order valence-electron chi connectivity index (χ1n) is 6.19. The van der Waals surface area contributed by atoms with Gasteiger partial charge in [0.25, 0.3) is 0 Å². The third-order valence-corrected chi connectivity index (χ3v) is 2.99. The van der Waals surface area contributed by atoms with Crippen LogP contribution >= 0.6 is 0 Å². The van der Waals surface area contributed by atoms with Gasteiger partial charge in [-0.2, -0.15) is 5.10 Å². The minimum absolute atomic E-state index is 0.159. The highest BCUT2D eigenvalue weighted by Gasteiger charge is 2.15. The molecule has 0 aliphatic carbocycles. The summed E-state index contributed by atoms with van der Waals surface area (Å²) in [5.41, 5.74) is 1.71. The van der Waals surface area contributed by atoms with E-state index < -0.39 is 5.97 Å². The molecule has 2 aromatic rings. The molecule has 2 rings (SSSR count). The molecular formula is C15H16N2O3. The quantitative estimate of drug-likeness (QED) is 0.820. The van der Waals surface area contributed by atoms with E-state index in [9.17, 15) is 4.79 Å². The zero-order chi connectivity index (χ0) is 14.5. The number of nitrogens with zero attached hydrogens (tertiary/aromatic N) is 2. The van der Waals surface area contributed by atoms with E-state index in [0.29, 0.717) is 12.1 Å². The molecule has 1 aromatic carbocycles. The van der Waals surface area contributed by atoms with Crippen LogP contribution < -0.4 is 4.74 Å². The molecule has 0 fully saturated rings. The van der Waals surface area contributed by atoms with Crippen LogP contribution in [-0.4, -0.2) is 20.9 Å². The fourth-order valence-electron chi connectivity index (χ4n) is 1.93. The second-order valence-electron chi connectivity index (χ2n) is 4.32. The topological polar surface area (TPSA) is 64.3 Å². The monoisotopic (exact) mass is 272 g/mol. The van der Waals surface area contributed by atoms with Crippen LogP contribution in [0.2, 0.25) is 0 Å². The van der Waals surface area contributed by atoms with E-state index in [1.807, 2.05) is 24.3 Å². The molecule has 1 aromatic heterocycles. The van der Waals surface area contributed by atoms with Crippen LogP contribution in [0.1, 0.15) is 21.6 Å². The molecule has 5 heteroatoms. The summed E-state index contributed by atoms with van der Waals surface area (Å²) < 4.78 is 7.25. The van der Waals surface area contributed by atoms with Crippen molar-refractivity contribution in [3.63, 3.8) is 0 Å². The molecule has 0 amide bonds. The van der Waals surface area contributed by atoms with Gasteiger partial charge in [0.05, 0.1) is 11.9 Å². The lowest BCUT2D eigenvalue weighted by atomic mass is 10.1. The van der Waals surface area contributed by atoms with Crippen LogP contribution in [0.25, 0.3) is 0 Å². The largest absolute Gasteiger partial charge is 0.487 e. The Kier molecular flexibility index (Phi) is 4.20. The molecule has 0 atom stereocenters. The predicted molar refractivity (Wildman–Crippen MR) is 74.8 cm³/mol. The number of carboxylic acid groups (broad SMARTS) is 1. The molecule has 0 aliphatic heterocycles. The molecule has 0 aliphatic rings. The summed E-state index contributed by atoms with van der Waals surface area (Å²) in [5, 5.41) is 13.0. The van der Waals surface area contributed by atoms with Crippen LogP contribution in [0, 0.1) is 0 Å². The Labute approximate surface area is 117 Å². The summed E-state index contributed by atoms with van der Waals surface area (Å²) in [6.07, 6.45) is 3.83. The summed E-state index contributed by atoms with van der Waals surface area (Å²) in [6.45, 7) is 3.87. The Balaban J connectivity index is 2.19. The molecule has 0 saturated carbocycles. The first-order valence-corrected chi connectivity index (χ1v) is 6.19. The van der Waals surface area contributed by atoms with Crippen LogP contribution in [0.15, 0.2) is 43.1 Å². The maximum absolute atomic E-state index is 11.1. The number of aromatic carboxylic acids is 1. The summed E-state index contributed by atoms with van der Waals surface area (Å²) in [6, 6.07) is 7.62. The number of allylic oxidation sites excluding steroid dienone is 1. The van der Waals surface area contributed by atoms with Crippen molar-refractivity contribution < 1.29 is 14.6 Å². The van der Waals surface area contributed by atoms with Gasteiger partial charge in [-0.05, 0) is 18.1 Å². The van der Waals surface area contributed by atoms with Gasteiger partial charge < -0.3 is 9.84 Å². The van der Waals surface area contributed by atoms with Crippen LogP contribution in [0.5, 0.6) is 5.75 Å².